The standard InChI is InChI=1S/C19H32O2S/c1-3-4-5-6-7-8-9-10-11-14-17-22(20,21)19-16-13-12-15-18(19)2/h12-13,15-16H,3-11,14,17H2,1-2H3. The summed E-state index contributed by atoms with van der Waals surface area (Å²) in [5, 5.41) is 0. The summed E-state index contributed by atoms with van der Waals surface area (Å²) in [6, 6.07) is 7.28. The molecular formula is C19H32O2S. The van der Waals surface area contributed by atoms with Crippen molar-refractivity contribution in [2.24, 2.45) is 0 Å². The monoisotopic (exact) mass is 324 g/mol. The van der Waals surface area contributed by atoms with E-state index in [1.54, 1.807) is 12.1 Å². The fraction of sp³-hybridized carbons (Fsp3) is 0.684. The normalized spacial score (nSPS) is 11.7. The molecule has 2 nitrogen and oxygen atoms in total. The van der Waals surface area contributed by atoms with E-state index < -0.39 is 9.84 Å². The maximum absolute atomic E-state index is 12.3. The fourth-order valence-corrected chi connectivity index (χ4v) is 4.44. The third kappa shape index (κ3) is 7.44. The average Bonchev–Trinajstić information content (AvgIpc) is 2.49. The van der Waals surface area contributed by atoms with Gasteiger partial charge in [0.25, 0.3) is 0 Å². The van der Waals surface area contributed by atoms with Gasteiger partial charge in [0.15, 0.2) is 9.84 Å². The first-order chi connectivity index (χ1) is 10.6. The number of hydrogen-bond donors (Lipinski definition) is 0. The summed E-state index contributed by atoms with van der Waals surface area (Å²) in [6.45, 7) is 4.11. The number of hydrogen-bond acceptors (Lipinski definition) is 2. The summed E-state index contributed by atoms with van der Waals surface area (Å²) in [5.74, 6) is 0.286. The molecule has 0 aliphatic carbocycles. The average molecular weight is 325 g/mol. The quantitative estimate of drug-likeness (QED) is 0.463. The lowest BCUT2D eigenvalue weighted by molar-refractivity contribution is 0.558. The van der Waals surface area contributed by atoms with Crippen LogP contribution in [0.3, 0.4) is 0 Å². The molecule has 1 aromatic rings. The van der Waals surface area contributed by atoms with Crippen LogP contribution in [0.2, 0.25) is 0 Å². The van der Waals surface area contributed by atoms with Crippen molar-refractivity contribution >= 4 is 9.84 Å². The minimum absolute atomic E-state index is 0.286. The number of benzene rings is 1. The molecule has 0 bridgehead atoms. The zero-order valence-electron chi connectivity index (χ0n) is 14.3. The Balaban J connectivity index is 2.13. The van der Waals surface area contributed by atoms with Crippen LogP contribution in [0.5, 0.6) is 0 Å². The highest BCUT2D eigenvalue weighted by Crippen LogP contribution is 2.18. The second-order valence-corrected chi connectivity index (χ2v) is 8.34. The number of unbranched alkanes of at least 4 members (excludes halogenated alkanes) is 9. The zero-order chi connectivity index (χ0) is 16.3. The summed E-state index contributed by atoms with van der Waals surface area (Å²) < 4.78 is 24.6. The lowest BCUT2D eigenvalue weighted by atomic mass is 10.1. The Morgan fingerprint density at radius 1 is 0.773 bits per heavy atom. The molecule has 0 aliphatic rings. The molecule has 0 atom stereocenters. The lowest BCUT2D eigenvalue weighted by Crippen LogP contribution is -2.08. The molecule has 0 saturated heterocycles. The van der Waals surface area contributed by atoms with E-state index in [9.17, 15) is 8.42 Å². The Kier molecular flexibility index (Phi) is 9.45. The van der Waals surface area contributed by atoms with Gasteiger partial charge in [-0.15, -0.1) is 0 Å². The predicted octanol–water partition coefficient (Wildman–Crippen LogP) is 5.69. The van der Waals surface area contributed by atoms with E-state index in [0.29, 0.717) is 4.90 Å². The summed E-state index contributed by atoms with van der Waals surface area (Å²) >= 11 is 0. The summed E-state index contributed by atoms with van der Waals surface area (Å²) in [4.78, 5) is 0.505. The summed E-state index contributed by atoms with van der Waals surface area (Å²) in [6.07, 6.45) is 12.2. The second-order valence-electron chi connectivity index (χ2n) is 6.27. The van der Waals surface area contributed by atoms with E-state index in [2.05, 4.69) is 6.92 Å². The van der Waals surface area contributed by atoms with Gasteiger partial charge in [-0.05, 0) is 25.0 Å². The molecule has 1 aromatic carbocycles. The maximum Gasteiger partial charge on any atom is 0.178 e. The molecule has 0 N–H and O–H groups in total. The summed E-state index contributed by atoms with van der Waals surface area (Å²) in [5.41, 5.74) is 0.856. The van der Waals surface area contributed by atoms with Gasteiger partial charge in [0.1, 0.15) is 0 Å². The minimum Gasteiger partial charge on any atom is -0.224 e. The molecule has 0 radical (unpaired) electrons. The highest BCUT2D eigenvalue weighted by Gasteiger charge is 2.15. The van der Waals surface area contributed by atoms with Crippen LogP contribution in [0, 0.1) is 6.92 Å². The van der Waals surface area contributed by atoms with Gasteiger partial charge in [0.05, 0.1) is 10.6 Å². The molecule has 0 unspecified atom stereocenters. The highest BCUT2D eigenvalue weighted by molar-refractivity contribution is 7.91. The van der Waals surface area contributed by atoms with Crippen molar-refractivity contribution in [3.63, 3.8) is 0 Å². The van der Waals surface area contributed by atoms with Gasteiger partial charge in [0, 0.05) is 0 Å². The topological polar surface area (TPSA) is 34.1 Å². The van der Waals surface area contributed by atoms with Crippen molar-refractivity contribution in [2.45, 2.75) is 83.0 Å². The molecule has 0 spiro atoms. The van der Waals surface area contributed by atoms with E-state index in [-0.39, 0.29) is 5.75 Å². The first-order valence-corrected chi connectivity index (χ1v) is 10.5. The van der Waals surface area contributed by atoms with Gasteiger partial charge >= 0.3 is 0 Å². The Morgan fingerprint density at radius 2 is 1.27 bits per heavy atom. The summed E-state index contributed by atoms with van der Waals surface area (Å²) in [7, 11) is -3.10. The zero-order valence-corrected chi connectivity index (χ0v) is 15.1. The van der Waals surface area contributed by atoms with Crippen molar-refractivity contribution in [1.29, 1.82) is 0 Å². The maximum atomic E-state index is 12.3. The van der Waals surface area contributed by atoms with Crippen molar-refractivity contribution < 1.29 is 8.42 Å². The molecule has 22 heavy (non-hydrogen) atoms. The van der Waals surface area contributed by atoms with Gasteiger partial charge in [-0.2, -0.15) is 0 Å². The number of aryl methyl sites for hydroxylation is 1. The smallest absolute Gasteiger partial charge is 0.178 e. The van der Waals surface area contributed by atoms with Crippen molar-refractivity contribution in [2.75, 3.05) is 5.75 Å². The first-order valence-electron chi connectivity index (χ1n) is 8.86. The van der Waals surface area contributed by atoms with E-state index in [4.69, 9.17) is 0 Å². The molecule has 126 valence electrons. The number of sulfone groups is 1. The van der Waals surface area contributed by atoms with Crippen LogP contribution in [-0.4, -0.2) is 14.2 Å². The molecular weight excluding hydrogens is 292 g/mol. The van der Waals surface area contributed by atoms with Crippen LogP contribution in [0.1, 0.15) is 76.7 Å². The van der Waals surface area contributed by atoms with Gasteiger partial charge in [-0.1, -0.05) is 82.9 Å². The fourth-order valence-electron chi connectivity index (χ4n) is 2.79. The van der Waals surface area contributed by atoms with E-state index >= 15 is 0 Å². The highest BCUT2D eigenvalue weighted by atomic mass is 32.2. The largest absolute Gasteiger partial charge is 0.224 e. The molecule has 0 amide bonds. The van der Waals surface area contributed by atoms with Crippen molar-refractivity contribution in [1.82, 2.24) is 0 Å². The third-order valence-corrected chi connectivity index (χ3v) is 6.15. The lowest BCUT2D eigenvalue weighted by Gasteiger charge is -2.07. The molecule has 3 heteroatoms. The van der Waals surface area contributed by atoms with Crippen LogP contribution in [0.4, 0.5) is 0 Å². The van der Waals surface area contributed by atoms with Gasteiger partial charge in [0.2, 0.25) is 0 Å². The third-order valence-electron chi connectivity index (χ3n) is 4.20. The Labute approximate surface area is 137 Å². The Hall–Kier alpha value is -0.830. The molecule has 0 heterocycles. The predicted molar refractivity (Wildman–Crippen MR) is 95.1 cm³/mol. The van der Waals surface area contributed by atoms with Crippen molar-refractivity contribution in [3.8, 4) is 0 Å². The van der Waals surface area contributed by atoms with Crippen LogP contribution >= 0.6 is 0 Å². The van der Waals surface area contributed by atoms with Gasteiger partial charge in [-0.25, -0.2) is 8.42 Å². The van der Waals surface area contributed by atoms with Crippen LogP contribution in [-0.2, 0) is 9.84 Å². The van der Waals surface area contributed by atoms with Crippen molar-refractivity contribution in [3.05, 3.63) is 29.8 Å². The van der Waals surface area contributed by atoms with Crippen LogP contribution in [0.25, 0.3) is 0 Å². The Morgan fingerprint density at radius 3 is 1.82 bits per heavy atom. The first kappa shape index (κ1) is 19.2. The van der Waals surface area contributed by atoms with E-state index in [1.165, 1.54) is 44.9 Å². The number of rotatable bonds is 12. The molecule has 0 fully saturated rings. The van der Waals surface area contributed by atoms with Crippen LogP contribution in [0.15, 0.2) is 29.2 Å². The van der Waals surface area contributed by atoms with Crippen LogP contribution < -0.4 is 0 Å². The van der Waals surface area contributed by atoms with E-state index in [0.717, 1.165) is 24.8 Å². The second kappa shape index (κ2) is 10.8. The minimum atomic E-state index is -3.10. The molecule has 0 aliphatic heterocycles. The molecule has 0 aromatic heterocycles. The van der Waals surface area contributed by atoms with Gasteiger partial charge in [-0.3, -0.25) is 0 Å². The Bertz CT molecular complexity index is 506. The van der Waals surface area contributed by atoms with Gasteiger partial charge < -0.3 is 0 Å². The van der Waals surface area contributed by atoms with E-state index in [1.807, 2.05) is 19.1 Å². The molecule has 1 rings (SSSR count). The molecule has 0 saturated carbocycles. The SMILES string of the molecule is CCCCCCCCCCCCS(=O)(=O)c1ccccc1C.